The molecule has 2 aromatic carbocycles. The lowest BCUT2D eigenvalue weighted by Crippen LogP contribution is -1.92. The highest BCUT2D eigenvalue weighted by atomic mass is 16.3. The lowest BCUT2D eigenvalue weighted by molar-refractivity contribution is 0.461. The van der Waals surface area contributed by atoms with E-state index in [1.165, 1.54) is 0 Å². The van der Waals surface area contributed by atoms with Gasteiger partial charge in [-0.2, -0.15) is 0 Å². The Morgan fingerprint density at radius 3 is 1.57 bits per heavy atom. The highest BCUT2D eigenvalue weighted by Crippen LogP contribution is 2.30. The first-order chi connectivity index (χ1) is 10.2. The smallest absolute Gasteiger partial charge is 0.126 e. The summed E-state index contributed by atoms with van der Waals surface area (Å²) in [4.78, 5) is 0. The molecule has 21 heavy (non-hydrogen) atoms. The Labute approximate surface area is 125 Å². The van der Waals surface area contributed by atoms with Gasteiger partial charge in [-0.25, -0.2) is 0 Å². The number of phenolic OH excluding ortho intramolecular Hbond substituents is 2. The Morgan fingerprint density at radius 2 is 1.19 bits per heavy atom. The van der Waals surface area contributed by atoms with Crippen molar-refractivity contribution in [3.8, 4) is 11.5 Å². The molecule has 0 aliphatic rings. The maximum absolute atomic E-state index is 10.3. The van der Waals surface area contributed by atoms with Gasteiger partial charge in [0.05, 0.1) is 0 Å². The van der Waals surface area contributed by atoms with Crippen molar-refractivity contribution in [2.75, 3.05) is 0 Å². The van der Waals surface area contributed by atoms with E-state index in [0.717, 1.165) is 22.3 Å². The second-order valence-corrected chi connectivity index (χ2v) is 4.89. The Kier molecular flexibility index (Phi) is 4.83. The van der Waals surface area contributed by atoms with Gasteiger partial charge in [-0.15, -0.1) is 0 Å². The third-order valence-corrected chi connectivity index (χ3v) is 3.37. The maximum atomic E-state index is 10.3. The molecule has 0 aromatic heterocycles. The summed E-state index contributed by atoms with van der Waals surface area (Å²) in [5.41, 5.74) is 3.19. The number of phenols is 2. The van der Waals surface area contributed by atoms with Gasteiger partial charge in [-0.3, -0.25) is 0 Å². The third-order valence-electron chi connectivity index (χ3n) is 3.37. The van der Waals surface area contributed by atoms with Gasteiger partial charge < -0.3 is 10.2 Å². The Balaban J connectivity index is 2.39. The molecule has 2 rings (SSSR count). The van der Waals surface area contributed by atoms with Crippen molar-refractivity contribution in [2.24, 2.45) is 0 Å². The summed E-state index contributed by atoms with van der Waals surface area (Å²) in [5.74, 6) is 0.540. The van der Waals surface area contributed by atoms with Crippen LogP contribution in [0.5, 0.6) is 11.5 Å². The molecule has 0 heterocycles. The van der Waals surface area contributed by atoms with Crippen LogP contribution in [0.3, 0.4) is 0 Å². The molecule has 108 valence electrons. The van der Waals surface area contributed by atoms with Crippen LogP contribution in [0.15, 0.2) is 48.6 Å². The lowest BCUT2D eigenvalue weighted by Gasteiger charge is -2.10. The predicted octanol–water partition coefficient (Wildman–Crippen LogP) is 4.75. The molecule has 2 aromatic rings. The van der Waals surface area contributed by atoms with Crippen molar-refractivity contribution in [3.63, 3.8) is 0 Å². The van der Waals surface area contributed by atoms with Gasteiger partial charge in [0.2, 0.25) is 0 Å². The molecule has 0 unspecified atom stereocenters. The standard InChI is InChI=1S/C19H20O2/c1-3-7-14-9-5-11-16(18(14)20)13-17-12-6-10-15(8-4-2)19(17)21/h3-12,20-21H,13H2,1-2H3/b7-3+,8-4+. The highest BCUT2D eigenvalue weighted by Gasteiger charge is 2.10. The zero-order chi connectivity index (χ0) is 15.2. The molecular formula is C19H20O2. The van der Waals surface area contributed by atoms with Crippen molar-refractivity contribution in [2.45, 2.75) is 20.3 Å². The van der Waals surface area contributed by atoms with Crippen LogP contribution in [0.25, 0.3) is 12.2 Å². The van der Waals surface area contributed by atoms with E-state index in [4.69, 9.17) is 0 Å². The molecule has 0 saturated carbocycles. The van der Waals surface area contributed by atoms with Gasteiger partial charge in [0.25, 0.3) is 0 Å². The maximum Gasteiger partial charge on any atom is 0.126 e. The highest BCUT2D eigenvalue weighted by molar-refractivity contribution is 5.62. The van der Waals surface area contributed by atoms with E-state index in [1.807, 2.05) is 74.5 Å². The fourth-order valence-corrected chi connectivity index (χ4v) is 2.34. The molecular weight excluding hydrogens is 260 g/mol. The minimum atomic E-state index is 0.270. The second-order valence-electron chi connectivity index (χ2n) is 4.89. The van der Waals surface area contributed by atoms with Crippen LogP contribution >= 0.6 is 0 Å². The molecule has 0 saturated heterocycles. The van der Waals surface area contributed by atoms with Crippen LogP contribution < -0.4 is 0 Å². The summed E-state index contributed by atoms with van der Waals surface area (Å²) in [6.45, 7) is 3.83. The van der Waals surface area contributed by atoms with Crippen molar-refractivity contribution in [1.29, 1.82) is 0 Å². The van der Waals surface area contributed by atoms with Gasteiger partial charge in [0.15, 0.2) is 0 Å². The Morgan fingerprint density at radius 1 is 0.762 bits per heavy atom. The summed E-state index contributed by atoms with van der Waals surface area (Å²) in [6.07, 6.45) is 8.02. The summed E-state index contributed by atoms with van der Waals surface area (Å²) in [7, 11) is 0. The van der Waals surface area contributed by atoms with Crippen molar-refractivity contribution < 1.29 is 10.2 Å². The van der Waals surface area contributed by atoms with Gasteiger partial charge in [0, 0.05) is 17.5 Å². The van der Waals surface area contributed by atoms with E-state index in [2.05, 4.69) is 0 Å². The molecule has 2 heteroatoms. The quantitative estimate of drug-likeness (QED) is 0.848. The minimum absolute atomic E-state index is 0.270. The van der Waals surface area contributed by atoms with E-state index in [0.29, 0.717) is 6.42 Å². The molecule has 0 radical (unpaired) electrons. The lowest BCUT2D eigenvalue weighted by atomic mass is 9.98. The zero-order valence-electron chi connectivity index (χ0n) is 12.4. The van der Waals surface area contributed by atoms with E-state index in [9.17, 15) is 10.2 Å². The first-order valence-electron chi connectivity index (χ1n) is 7.04. The number of aromatic hydroxyl groups is 2. The summed E-state index contributed by atoms with van der Waals surface area (Å²) >= 11 is 0. The second kappa shape index (κ2) is 6.80. The molecule has 0 fully saturated rings. The topological polar surface area (TPSA) is 40.5 Å². The number of rotatable bonds is 4. The molecule has 2 nitrogen and oxygen atoms in total. The number of allylic oxidation sites excluding steroid dienone is 2. The monoisotopic (exact) mass is 280 g/mol. The molecule has 0 bridgehead atoms. The molecule has 2 N–H and O–H groups in total. The summed E-state index contributed by atoms with van der Waals surface area (Å²) < 4.78 is 0. The van der Waals surface area contributed by atoms with Crippen LogP contribution in [0, 0.1) is 0 Å². The minimum Gasteiger partial charge on any atom is -0.507 e. The third kappa shape index (κ3) is 3.34. The summed E-state index contributed by atoms with van der Waals surface area (Å²) in [5, 5.41) is 20.6. The Hall–Kier alpha value is -2.48. The Bertz CT molecular complexity index is 622. The van der Waals surface area contributed by atoms with Crippen LogP contribution in [-0.2, 0) is 6.42 Å². The molecule has 0 amide bonds. The van der Waals surface area contributed by atoms with E-state index in [1.54, 1.807) is 0 Å². The van der Waals surface area contributed by atoms with Crippen molar-refractivity contribution in [1.82, 2.24) is 0 Å². The van der Waals surface area contributed by atoms with Gasteiger partial charge in [0.1, 0.15) is 11.5 Å². The molecule has 0 aliphatic heterocycles. The fourth-order valence-electron chi connectivity index (χ4n) is 2.34. The number of hydrogen-bond donors (Lipinski definition) is 2. The van der Waals surface area contributed by atoms with Crippen LogP contribution in [0.1, 0.15) is 36.1 Å². The first kappa shape index (κ1) is 14.9. The molecule has 0 spiro atoms. The number of hydrogen-bond acceptors (Lipinski definition) is 2. The van der Waals surface area contributed by atoms with Crippen LogP contribution in [0.2, 0.25) is 0 Å². The van der Waals surface area contributed by atoms with Crippen molar-refractivity contribution in [3.05, 3.63) is 70.8 Å². The number of benzene rings is 2. The van der Waals surface area contributed by atoms with Crippen molar-refractivity contribution >= 4 is 12.2 Å². The first-order valence-corrected chi connectivity index (χ1v) is 7.04. The van der Waals surface area contributed by atoms with Gasteiger partial charge in [-0.05, 0) is 25.0 Å². The van der Waals surface area contributed by atoms with E-state index < -0.39 is 0 Å². The normalized spacial score (nSPS) is 11.5. The SMILES string of the molecule is C/C=C/c1cccc(Cc2cccc(/C=C/C)c2O)c1O. The van der Waals surface area contributed by atoms with Crippen LogP contribution in [0.4, 0.5) is 0 Å². The summed E-state index contributed by atoms with van der Waals surface area (Å²) in [6, 6.07) is 11.3. The largest absolute Gasteiger partial charge is 0.507 e. The van der Waals surface area contributed by atoms with Gasteiger partial charge in [-0.1, -0.05) is 60.7 Å². The molecule has 0 atom stereocenters. The van der Waals surface area contributed by atoms with Gasteiger partial charge >= 0.3 is 0 Å². The molecule has 0 aliphatic carbocycles. The van der Waals surface area contributed by atoms with E-state index in [-0.39, 0.29) is 11.5 Å². The number of para-hydroxylation sites is 2. The fraction of sp³-hybridized carbons (Fsp3) is 0.158. The average Bonchev–Trinajstić information content (AvgIpc) is 2.48. The average molecular weight is 280 g/mol. The van der Waals surface area contributed by atoms with E-state index >= 15 is 0 Å². The predicted molar refractivity (Wildman–Crippen MR) is 88.4 cm³/mol. The van der Waals surface area contributed by atoms with Crippen LogP contribution in [-0.4, -0.2) is 10.2 Å². The zero-order valence-corrected chi connectivity index (χ0v) is 12.4.